The van der Waals surface area contributed by atoms with Crippen LogP contribution < -0.4 is 15.6 Å². The Kier molecular flexibility index (Phi) is 9.19. The number of nitrogens with two attached hydrogens (primary N) is 1. The number of hydrogen-bond acceptors (Lipinski definition) is 6. The summed E-state index contributed by atoms with van der Waals surface area (Å²) in [6.07, 6.45) is 7.02. The van der Waals surface area contributed by atoms with Crippen LogP contribution in [0.2, 0.25) is 0 Å². The molecule has 1 aliphatic heterocycles. The van der Waals surface area contributed by atoms with E-state index in [0.717, 1.165) is 10.9 Å². The quantitative estimate of drug-likeness (QED) is 0.373. The van der Waals surface area contributed by atoms with Crippen LogP contribution in [0.1, 0.15) is 40.0 Å². The van der Waals surface area contributed by atoms with Crippen LogP contribution in [0.3, 0.4) is 0 Å². The molecule has 0 atom stereocenters. The summed E-state index contributed by atoms with van der Waals surface area (Å²) in [4.78, 5) is 22.7. The molecule has 0 radical (unpaired) electrons. The number of carbonyl (C=O) groups is 1. The molecule has 188 valence electrons. The number of amides is 1. The average Bonchev–Trinajstić information content (AvgIpc) is 3.37. The molecule has 1 fully saturated rings. The maximum absolute atomic E-state index is 13.0. The Morgan fingerprint density at radius 3 is 2.66 bits per heavy atom. The number of nitrogen functional groups attached to an aromatic ring is 1. The summed E-state index contributed by atoms with van der Waals surface area (Å²) < 4.78 is 40.3. The minimum atomic E-state index is -4.34. The second-order valence-corrected chi connectivity index (χ2v) is 11.6. The molecule has 1 saturated heterocycles. The first-order valence-corrected chi connectivity index (χ1v) is 13.5. The zero-order valence-corrected chi connectivity index (χ0v) is 22.2. The number of nitrogens with zero attached hydrogens (tertiary/aromatic N) is 4. The van der Waals surface area contributed by atoms with Gasteiger partial charge in [0.2, 0.25) is 0 Å². The molecule has 3 aromatic rings. The second-order valence-electron chi connectivity index (χ2n) is 8.19. The van der Waals surface area contributed by atoms with E-state index in [1.807, 2.05) is 0 Å². The number of hydrogen-bond donors (Lipinski definition) is 2. The van der Waals surface area contributed by atoms with E-state index in [4.69, 9.17) is 5.73 Å². The molecule has 3 N–H and O–H groups in total. The summed E-state index contributed by atoms with van der Waals surface area (Å²) in [7, 11) is 2.20. The van der Waals surface area contributed by atoms with Crippen molar-refractivity contribution in [2.45, 2.75) is 31.8 Å². The van der Waals surface area contributed by atoms with Crippen molar-refractivity contribution >= 4 is 48.1 Å². The number of aryl methyl sites for hydroxylation is 1. The van der Waals surface area contributed by atoms with Crippen LogP contribution in [0.25, 0.3) is 5.52 Å². The van der Waals surface area contributed by atoms with E-state index in [9.17, 15) is 18.0 Å². The summed E-state index contributed by atoms with van der Waals surface area (Å²) in [6, 6.07) is 1.48. The van der Waals surface area contributed by atoms with Crippen molar-refractivity contribution in [3.8, 4) is 11.8 Å². The topological polar surface area (TPSA) is 88.5 Å². The summed E-state index contributed by atoms with van der Waals surface area (Å²) >= 11 is -0.559. The molecule has 12 heteroatoms. The molecule has 1 aliphatic rings. The number of aromatic nitrogens is 3. The van der Waals surface area contributed by atoms with Gasteiger partial charge in [-0.1, -0.05) is 6.92 Å². The molecular formula is C23H27F3N6OSSe. The van der Waals surface area contributed by atoms with E-state index in [1.165, 1.54) is 66.3 Å². The van der Waals surface area contributed by atoms with Crippen LogP contribution in [0.5, 0.6) is 0 Å². The normalized spacial score (nSPS) is 14.7. The van der Waals surface area contributed by atoms with Crippen molar-refractivity contribution in [1.29, 1.82) is 0 Å². The number of fused-ring (bicyclic) bond motifs is 1. The summed E-state index contributed by atoms with van der Waals surface area (Å²) in [5, 5.41) is -0.986. The predicted octanol–water partition coefficient (Wildman–Crippen LogP) is 2.66. The van der Waals surface area contributed by atoms with Gasteiger partial charge in [-0.2, -0.15) is 0 Å². The van der Waals surface area contributed by atoms with Gasteiger partial charge >= 0.3 is 162 Å². The summed E-state index contributed by atoms with van der Waals surface area (Å²) in [5.74, 6) is 6.16. The average molecular weight is 572 g/mol. The van der Waals surface area contributed by atoms with Crippen molar-refractivity contribution in [2.75, 3.05) is 32.4 Å². The Balaban J connectivity index is 0.000000363. The van der Waals surface area contributed by atoms with Crippen LogP contribution in [0.15, 0.2) is 24.7 Å². The molecule has 4 heterocycles. The van der Waals surface area contributed by atoms with Crippen LogP contribution in [-0.4, -0.2) is 71.9 Å². The van der Waals surface area contributed by atoms with E-state index in [-0.39, 0.29) is 28.4 Å². The van der Waals surface area contributed by atoms with Crippen LogP contribution in [0, 0.1) is 24.7 Å². The number of halogens is 3. The molecule has 0 aliphatic carbocycles. The third-order valence-electron chi connectivity index (χ3n) is 5.31. The van der Waals surface area contributed by atoms with Gasteiger partial charge in [0.15, 0.2) is 0 Å². The number of anilines is 1. The maximum atomic E-state index is 13.0. The van der Waals surface area contributed by atoms with E-state index in [1.54, 1.807) is 6.92 Å². The molecule has 0 bridgehead atoms. The third kappa shape index (κ3) is 7.97. The molecule has 0 unspecified atom stereocenters. The van der Waals surface area contributed by atoms with Gasteiger partial charge in [-0.05, 0) is 38.9 Å². The van der Waals surface area contributed by atoms with Gasteiger partial charge in [0.05, 0.1) is 0 Å². The third-order valence-corrected chi connectivity index (χ3v) is 7.98. The second kappa shape index (κ2) is 11.9. The van der Waals surface area contributed by atoms with Crippen molar-refractivity contribution in [2.24, 2.45) is 5.92 Å². The number of thiazole rings is 1. The Morgan fingerprint density at radius 2 is 2.06 bits per heavy atom. The number of carbonyl (C=O) groups excluding carboxylic acids is 1. The Morgan fingerprint density at radius 1 is 1.34 bits per heavy atom. The van der Waals surface area contributed by atoms with Gasteiger partial charge in [-0.3, -0.25) is 0 Å². The molecule has 7 nitrogen and oxygen atoms in total. The minimum absolute atomic E-state index is 0.00579. The fraction of sp³-hybridized carbons (Fsp3) is 0.435. The first kappa shape index (κ1) is 27.0. The zero-order chi connectivity index (χ0) is 25.6. The summed E-state index contributed by atoms with van der Waals surface area (Å²) in [6.45, 7) is 6.73. The molecule has 0 aromatic carbocycles. The molecule has 1 amide bonds. The van der Waals surface area contributed by atoms with Gasteiger partial charge in [0, 0.05) is 0 Å². The van der Waals surface area contributed by atoms with E-state index in [2.05, 4.69) is 46.0 Å². The Labute approximate surface area is 212 Å². The number of alkyl halides is 3. The summed E-state index contributed by atoms with van der Waals surface area (Å²) in [5.41, 5.74) is 6.33. The monoisotopic (exact) mass is 572 g/mol. The fourth-order valence-corrected chi connectivity index (χ4v) is 5.51. The van der Waals surface area contributed by atoms with Crippen molar-refractivity contribution in [3.05, 3.63) is 40.1 Å². The fourth-order valence-electron chi connectivity index (χ4n) is 3.36. The molecule has 0 saturated carbocycles. The molecule has 4 rings (SSSR count). The predicted molar refractivity (Wildman–Crippen MR) is 133 cm³/mol. The van der Waals surface area contributed by atoms with E-state index in [0.29, 0.717) is 10.4 Å². The van der Waals surface area contributed by atoms with Crippen molar-refractivity contribution in [3.63, 3.8) is 0 Å². The Hall–Kier alpha value is -2.58. The number of nitrogens with one attached hydrogen (secondary N) is 1. The number of piperidine rings is 1. The molecule has 0 spiro atoms. The van der Waals surface area contributed by atoms with E-state index >= 15 is 0 Å². The van der Waals surface area contributed by atoms with Crippen LogP contribution in [0.4, 0.5) is 19.0 Å². The first-order chi connectivity index (χ1) is 16.5. The zero-order valence-electron chi connectivity index (χ0n) is 19.6. The van der Waals surface area contributed by atoms with Gasteiger partial charge < -0.3 is 4.90 Å². The Bertz CT molecular complexity index is 1210. The van der Waals surface area contributed by atoms with Crippen LogP contribution in [-0.2, 0) is 0 Å². The van der Waals surface area contributed by atoms with Gasteiger partial charge in [0.1, 0.15) is 0 Å². The van der Waals surface area contributed by atoms with Gasteiger partial charge in [-0.15, -0.1) is 0 Å². The van der Waals surface area contributed by atoms with Crippen molar-refractivity contribution in [1.82, 2.24) is 24.6 Å². The molecular weight excluding hydrogens is 544 g/mol. The van der Waals surface area contributed by atoms with E-state index < -0.39 is 20.0 Å². The van der Waals surface area contributed by atoms with Gasteiger partial charge in [-0.25, -0.2) is 0 Å². The molecule has 3 aromatic heterocycles. The number of rotatable bonds is 3. The number of likely N-dealkylation sites (tertiary alicyclic amines) is 1. The van der Waals surface area contributed by atoms with Crippen LogP contribution >= 0.6 is 11.3 Å². The van der Waals surface area contributed by atoms with Crippen molar-refractivity contribution < 1.29 is 18.0 Å². The standard InChI is InChI=1S/C16H12F3N5OSSe.C7H15N/c1-9-23-8-12(26-9)14(25)22-4-2-3-10-7-11-13(20)21-5-6-24(11)15(10)27-16(17,18)19;1-7-3-5-8(2)6-4-7/h5-8H,4H2,1H3,(H2,20,21)(H,22,25);7H,3-6H2,1-2H3. The molecule has 35 heavy (non-hydrogen) atoms. The first-order valence-electron chi connectivity index (χ1n) is 10.9. The van der Waals surface area contributed by atoms with Gasteiger partial charge in [0.25, 0.3) is 0 Å². The SMILES string of the molecule is CC1CCN(C)CC1.Cc1ncc(C(=O)NCC#Cc2cc3c(N)nccn3c2[Se]C(F)(F)F)s1.